The average Bonchev–Trinajstić information content (AvgIpc) is 3.07. The number of rotatable bonds is 5. The smallest absolute Gasteiger partial charge is 0.339 e. The number of methoxy groups -OCH3 is 1. The predicted octanol–water partition coefficient (Wildman–Crippen LogP) is 5.38. The summed E-state index contributed by atoms with van der Waals surface area (Å²) in [7, 11) is -2.56. The van der Waals surface area contributed by atoms with E-state index in [1.807, 2.05) is 24.3 Å². The van der Waals surface area contributed by atoms with Gasteiger partial charge in [0.2, 0.25) is 5.78 Å². The number of benzene rings is 3. The van der Waals surface area contributed by atoms with E-state index < -0.39 is 10.1 Å². The minimum absolute atomic E-state index is 0.0138. The molecule has 0 atom stereocenters. The third-order valence-corrected chi connectivity index (χ3v) is 6.53. The van der Waals surface area contributed by atoms with Gasteiger partial charge in [-0.05, 0) is 59.0 Å². The zero-order chi connectivity index (χ0) is 23.8. The highest BCUT2D eigenvalue weighted by Gasteiger charge is 2.28. The Kier molecular flexibility index (Phi) is 5.76. The van der Waals surface area contributed by atoms with Crippen molar-refractivity contribution >= 4 is 22.0 Å². The van der Waals surface area contributed by atoms with Crippen molar-refractivity contribution in [2.45, 2.75) is 31.1 Å². The van der Waals surface area contributed by atoms with Crippen LogP contribution in [0.25, 0.3) is 6.08 Å². The molecule has 33 heavy (non-hydrogen) atoms. The standard InChI is InChI=1S/C26H24O6S/c1-26(2,3)18-7-5-17(6-8-18)15-24-25(27)22-14-11-20(16-23(22)31-24)32-33(28,29)21-12-9-19(30-4)10-13-21/h5-16H,1-4H3/b24-15-. The highest BCUT2D eigenvalue weighted by atomic mass is 32.2. The fourth-order valence-electron chi connectivity index (χ4n) is 3.37. The first-order valence-electron chi connectivity index (χ1n) is 10.3. The van der Waals surface area contributed by atoms with Gasteiger partial charge in [-0.25, -0.2) is 0 Å². The summed E-state index contributed by atoms with van der Waals surface area (Å²) < 4.78 is 41.2. The number of ether oxygens (including phenoxy) is 2. The highest BCUT2D eigenvalue weighted by molar-refractivity contribution is 7.87. The molecule has 0 fully saturated rings. The Morgan fingerprint density at radius 2 is 1.52 bits per heavy atom. The van der Waals surface area contributed by atoms with Crippen LogP contribution in [0.4, 0.5) is 0 Å². The second-order valence-corrected chi connectivity index (χ2v) is 10.2. The van der Waals surface area contributed by atoms with Gasteiger partial charge in [-0.3, -0.25) is 4.79 Å². The van der Waals surface area contributed by atoms with E-state index in [9.17, 15) is 13.2 Å². The summed E-state index contributed by atoms with van der Waals surface area (Å²) in [6.45, 7) is 6.40. The number of ketones is 1. The van der Waals surface area contributed by atoms with Gasteiger partial charge < -0.3 is 13.7 Å². The van der Waals surface area contributed by atoms with Gasteiger partial charge in [0, 0.05) is 6.07 Å². The van der Waals surface area contributed by atoms with Crippen LogP contribution in [0.2, 0.25) is 0 Å². The fraction of sp³-hybridized carbons (Fsp3) is 0.192. The number of hydrogen-bond donors (Lipinski definition) is 0. The van der Waals surface area contributed by atoms with Crippen LogP contribution in [0.1, 0.15) is 42.3 Å². The Labute approximate surface area is 193 Å². The van der Waals surface area contributed by atoms with Crippen molar-refractivity contribution in [3.8, 4) is 17.2 Å². The molecule has 0 amide bonds. The van der Waals surface area contributed by atoms with Crippen molar-refractivity contribution in [1.82, 2.24) is 0 Å². The summed E-state index contributed by atoms with van der Waals surface area (Å²) >= 11 is 0. The normalized spacial score (nSPS) is 14.7. The minimum atomic E-state index is -4.06. The van der Waals surface area contributed by atoms with Crippen LogP contribution >= 0.6 is 0 Å². The number of hydrogen-bond acceptors (Lipinski definition) is 6. The lowest BCUT2D eigenvalue weighted by atomic mass is 9.86. The van der Waals surface area contributed by atoms with Crippen LogP contribution in [0.15, 0.2) is 77.4 Å². The SMILES string of the molecule is COc1ccc(S(=O)(=O)Oc2ccc3c(c2)O/C(=C\c2ccc(C(C)(C)C)cc2)C3=O)cc1. The van der Waals surface area contributed by atoms with Gasteiger partial charge in [0.05, 0.1) is 12.7 Å². The number of allylic oxidation sites excluding steroid dienone is 1. The molecule has 0 spiro atoms. The number of carbonyl (C=O) groups is 1. The second kappa shape index (κ2) is 8.41. The Morgan fingerprint density at radius 3 is 2.12 bits per heavy atom. The Hall–Kier alpha value is -3.58. The molecule has 0 N–H and O–H groups in total. The van der Waals surface area contributed by atoms with Gasteiger partial charge in [0.15, 0.2) is 5.76 Å². The topological polar surface area (TPSA) is 78.9 Å². The lowest BCUT2D eigenvalue weighted by Gasteiger charge is -2.18. The maximum absolute atomic E-state index is 12.7. The first-order valence-corrected chi connectivity index (χ1v) is 11.7. The van der Waals surface area contributed by atoms with Crippen molar-refractivity contribution in [3.63, 3.8) is 0 Å². The molecule has 0 aliphatic carbocycles. The Balaban J connectivity index is 1.54. The molecule has 3 aromatic rings. The lowest BCUT2D eigenvalue weighted by molar-refractivity contribution is 0.101. The zero-order valence-corrected chi connectivity index (χ0v) is 19.6. The van der Waals surface area contributed by atoms with E-state index in [0.717, 1.165) is 5.56 Å². The van der Waals surface area contributed by atoms with Gasteiger partial charge in [0.25, 0.3) is 0 Å². The van der Waals surface area contributed by atoms with Crippen LogP contribution in [0.5, 0.6) is 17.2 Å². The van der Waals surface area contributed by atoms with E-state index in [1.165, 1.54) is 55.1 Å². The second-order valence-electron chi connectivity index (χ2n) is 8.68. The van der Waals surface area contributed by atoms with Gasteiger partial charge in [0.1, 0.15) is 22.1 Å². The molecule has 0 aromatic heterocycles. The molecule has 1 aliphatic rings. The first-order chi connectivity index (χ1) is 15.6. The summed E-state index contributed by atoms with van der Waals surface area (Å²) in [5.41, 5.74) is 2.40. The first kappa shape index (κ1) is 22.6. The molecule has 7 heteroatoms. The van der Waals surface area contributed by atoms with Crippen LogP contribution in [-0.2, 0) is 15.5 Å². The van der Waals surface area contributed by atoms with Crippen molar-refractivity contribution in [2.24, 2.45) is 0 Å². The Morgan fingerprint density at radius 1 is 0.879 bits per heavy atom. The molecule has 0 radical (unpaired) electrons. The molecule has 0 saturated heterocycles. The van der Waals surface area contributed by atoms with Crippen LogP contribution in [0.3, 0.4) is 0 Å². The van der Waals surface area contributed by atoms with Gasteiger partial charge in [-0.15, -0.1) is 0 Å². The third-order valence-electron chi connectivity index (χ3n) is 5.27. The molecule has 6 nitrogen and oxygen atoms in total. The van der Waals surface area contributed by atoms with Crippen molar-refractivity contribution in [2.75, 3.05) is 7.11 Å². The summed E-state index contributed by atoms with van der Waals surface area (Å²) in [5, 5.41) is 0. The molecule has 1 aliphatic heterocycles. The maximum Gasteiger partial charge on any atom is 0.339 e. The summed E-state index contributed by atoms with van der Waals surface area (Å²) in [6, 6.07) is 18.1. The lowest BCUT2D eigenvalue weighted by Crippen LogP contribution is -2.10. The van der Waals surface area contributed by atoms with E-state index in [2.05, 4.69) is 20.8 Å². The predicted molar refractivity (Wildman–Crippen MR) is 125 cm³/mol. The van der Waals surface area contributed by atoms with Crippen molar-refractivity contribution in [1.29, 1.82) is 0 Å². The van der Waals surface area contributed by atoms with Gasteiger partial charge in [-0.2, -0.15) is 8.42 Å². The average molecular weight is 465 g/mol. The maximum atomic E-state index is 12.7. The minimum Gasteiger partial charge on any atom is -0.497 e. The van der Waals surface area contributed by atoms with Gasteiger partial charge >= 0.3 is 10.1 Å². The molecular weight excluding hydrogens is 440 g/mol. The van der Waals surface area contributed by atoms with Crippen LogP contribution < -0.4 is 13.7 Å². The summed E-state index contributed by atoms with van der Waals surface area (Å²) in [4.78, 5) is 12.7. The quantitative estimate of drug-likeness (QED) is 0.373. The molecule has 0 bridgehead atoms. The monoisotopic (exact) mass is 464 g/mol. The zero-order valence-electron chi connectivity index (χ0n) is 18.8. The third kappa shape index (κ3) is 4.78. The number of fused-ring (bicyclic) bond motifs is 1. The van der Waals surface area contributed by atoms with Crippen molar-refractivity contribution in [3.05, 3.63) is 89.2 Å². The molecule has 0 saturated carbocycles. The highest BCUT2D eigenvalue weighted by Crippen LogP contribution is 2.36. The molecular formula is C26H24O6S. The molecule has 0 unspecified atom stereocenters. The van der Waals surface area contributed by atoms with E-state index in [1.54, 1.807) is 6.08 Å². The van der Waals surface area contributed by atoms with Crippen LogP contribution in [0, 0.1) is 0 Å². The van der Waals surface area contributed by atoms with Crippen LogP contribution in [-0.4, -0.2) is 21.3 Å². The van der Waals surface area contributed by atoms with Crippen molar-refractivity contribution < 1.29 is 26.9 Å². The summed E-state index contributed by atoms with van der Waals surface area (Å²) in [5.74, 6) is 0.733. The van der Waals surface area contributed by atoms with E-state index in [-0.39, 0.29) is 33.4 Å². The largest absolute Gasteiger partial charge is 0.497 e. The number of carbonyl (C=O) groups excluding carboxylic acids is 1. The summed E-state index contributed by atoms with van der Waals surface area (Å²) in [6.07, 6.45) is 1.67. The molecule has 170 valence electrons. The van der Waals surface area contributed by atoms with E-state index in [0.29, 0.717) is 11.3 Å². The molecule has 3 aromatic carbocycles. The van der Waals surface area contributed by atoms with Gasteiger partial charge in [-0.1, -0.05) is 45.0 Å². The molecule has 4 rings (SSSR count). The van der Waals surface area contributed by atoms with E-state index in [4.69, 9.17) is 13.7 Å². The fourth-order valence-corrected chi connectivity index (χ4v) is 4.29. The number of Topliss-reactive ketones (excluding diaryl/α,β-unsaturated/α-hetero) is 1. The molecule has 1 heterocycles. The van der Waals surface area contributed by atoms with E-state index >= 15 is 0 Å². The Bertz CT molecular complexity index is 1330.